The quantitative estimate of drug-likeness (QED) is 0.659. The molecule has 0 saturated heterocycles. The lowest BCUT2D eigenvalue weighted by molar-refractivity contribution is -0.115. The molecule has 0 radical (unpaired) electrons. The summed E-state index contributed by atoms with van der Waals surface area (Å²) in [6.45, 7) is 0.738. The standard InChI is InChI=1S/C10H9NO2S/c12-10-5-7-6-3-4-13-14-9(6)2-1-8(7)11-10/h1-2H,3-5H2,(H,11,12). The van der Waals surface area contributed by atoms with Crippen LogP contribution in [0.5, 0.6) is 0 Å². The second-order valence-electron chi connectivity index (χ2n) is 3.45. The molecule has 2 aliphatic heterocycles. The van der Waals surface area contributed by atoms with Crippen LogP contribution >= 0.6 is 12.0 Å². The highest BCUT2D eigenvalue weighted by molar-refractivity contribution is 7.94. The van der Waals surface area contributed by atoms with E-state index in [4.69, 9.17) is 4.18 Å². The first-order valence-electron chi connectivity index (χ1n) is 4.58. The van der Waals surface area contributed by atoms with Crippen molar-refractivity contribution < 1.29 is 8.98 Å². The van der Waals surface area contributed by atoms with Gasteiger partial charge in [-0.15, -0.1) is 0 Å². The van der Waals surface area contributed by atoms with Crippen molar-refractivity contribution in [1.82, 2.24) is 0 Å². The number of nitrogens with one attached hydrogen (secondary N) is 1. The number of hydrogen-bond acceptors (Lipinski definition) is 3. The summed E-state index contributed by atoms with van der Waals surface area (Å²) in [7, 11) is 0. The molecule has 2 heterocycles. The van der Waals surface area contributed by atoms with Gasteiger partial charge in [0.25, 0.3) is 0 Å². The van der Waals surface area contributed by atoms with Crippen LogP contribution in [-0.4, -0.2) is 12.5 Å². The van der Waals surface area contributed by atoms with Gasteiger partial charge in [0.05, 0.1) is 13.0 Å². The molecule has 0 saturated carbocycles. The number of fused-ring (bicyclic) bond motifs is 3. The van der Waals surface area contributed by atoms with E-state index in [9.17, 15) is 4.79 Å². The van der Waals surface area contributed by atoms with Crippen LogP contribution in [0.15, 0.2) is 17.0 Å². The first kappa shape index (κ1) is 8.32. The number of rotatable bonds is 0. The van der Waals surface area contributed by atoms with Gasteiger partial charge in [0.15, 0.2) is 0 Å². The molecule has 0 aliphatic carbocycles. The second kappa shape index (κ2) is 3.00. The van der Waals surface area contributed by atoms with Crippen molar-refractivity contribution in [1.29, 1.82) is 0 Å². The number of hydrogen-bond donors (Lipinski definition) is 1. The average Bonchev–Trinajstić information content (AvgIpc) is 2.59. The largest absolute Gasteiger partial charge is 0.326 e. The lowest BCUT2D eigenvalue weighted by atomic mass is 10.0. The highest BCUT2D eigenvalue weighted by atomic mass is 32.2. The van der Waals surface area contributed by atoms with E-state index in [1.54, 1.807) is 0 Å². The first-order chi connectivity index (χ1) is 6.84. The van der Waals surface area contributed by atoms with Gasteiger partial charge in [-0.1, -0.05) is 0 Å². The Kier molecular flexibility index (Phi) is 1.78. The Labute approximate surface area is 86.0 Å². The molecule has 1 amide bonds. The molecule has 0 fully saturated rings. The molecule has 14 heavy (non-hydrogen) atoms. The Balaban J connectivity index is 2.16. The highest BCUT2D eigenvalue weighted by Gasteiger charge is 2.24. The van der Waals surface area contributed by atoms with Gasteiger partial charge >= 0.3 is 0 Å². The molecule has 0 bridgehead atoms. The Morgan fingerprint density at radius 1 is 1.36 bits per heavy atom. The molecule has 4 heteroatoms. The van der Waals surface area contributed by atoms with Gasteiger partial charge in [0, 0.05) is 22.6 Å². The molecule has 0 spiro atoms. The summed E-state index contributed by atoms with van der Waals surface area (Å²) in [6.07, 6.45) is 1.44. The predicted octanol–water partition coefficient (Wildman–Crippen LogP) is 1.76. The van der Waals surface area contributed by atoms with Crippen LogP contribution in [0.1, 0.15) is 11.1 Å². The van der Waals surface area contributed by atoms with Crippen molar-refractivity contribution in [3.05, 3.63) is 23.3 Å². The van der Waals surface area contributed by atoms with Crippen LogP contribution in [0, 0.1) is 0 Å². The van der Waals surface area contributed by atoms with Gasteiger partial charge in [0.2, 0.25) is 5.91 Å². The van der Waals surface area contributed by atoms with Gasteiger partial charge in [-0.2, -0.15) is 0 Å². The lowest BCUT2D eigenvalue weighted by Crippen LogP contribution is -2.05. The number of amides is 1. The molecule has 3 rings (SSSR count). The molecule has 1 aromatic rings. The fourth-order valence-corrected chi connectivity index (χ4v) is 2.69. The number of anilines is 1. The van der Waals surface area contributed by atoms with Crippen molar-refractivity contribution in [3.63, 3.8) is 0 Å². The topological polar surface area (TPSA) is 38.3 Å². The van der Waals surface area contributed by atoms with Crippen LogP contribution in [0.2, 0.25) is 0 Å². The SMILES string of the molecule is O=C1Cc2c(ccc3c2CCOS3)N1. The summed E-state index contributed by atoms with van der Waals surface area (Å²) in [6, 6.07) is 3.98. The van der Waals surface area contributed by atoms with Crippen LogP contribution < -0.4 is 5.32 Å². The van der Waals surface area contributed by atoms with Crippen molar-refractivity contribution in [3.8, 4) is 0 Å². The van der Waals surface area contributed by atoms with E-state index >= 15 is 0 Å². The zero-order valence-electron chi connectivity index (χ0n) is 7.50. The molecule has 0 aromatic heterocycles. The van der Waals surface area contributed by atoms with Gasteiger partial charge in [-0.25, -0.2) is 0 Å². The molecule has 0 atom stereocenters. The third-order valence-corrected chi connectivity index (χ3v) is 3.43. The van der Waals surface area contributed by atoms with Crippen LogP contribution in [-0.2, 0) is 21.8 Å². The maximum absolute atomic E-state index is 11.2. The van der Waals surface area contributed by atoms with Gasteiger partial charge in [-0.3, -0.25) is 4.79 Å². The minimum Gasteiger partial charge on any atom is -0.326 e. The lowest BCUT2D eigenvalue weighted by Gasteiger charge is -2.17. The van der Waals surface area contributed by atoms with E-state index in [1.165, 1.54) is 23.2 Å². The van der Waals surface area contributed by atoms with Crippen molar-refractivity contribution in [2.24, 2.45) is 0 Å². The van der Waals surface area contributed by atoms with Crippen molar-refractivity contribution in [2.75, 3.05) is 11.9 Å². The van der Waals surface area contributed by atoms with Gasteiger partial charge < -0.3 is 9.50 Å². The van der Waals surface area contributed by atoms with E-state index in [2.05, 4.69) is 5.32 Å². The fraction of sp³-hybridized carbons (Fsp3) is 0.300. The Bertz CT molecular complexity index is 417. The van der Waals surface area contributed by atoms with E-state index in [1.807, 2.05) is 12.1 Å². The summed E-state index contributed by atoms with van der Waals surface area (Å²) in [5.41, 5.74) is 3.44. The molecule has 1 aromatic carbocycles. The van der Waals surface area contributed by atoms with Crippen LogP contribution in [0.4, 0.5) is 5.69 Å². The smallest absolute Gasteiger partial charge is 0.228 e. The van der Waals surface area contributed by atoms with Crippen molar-refractivity contribution >= 4 is 23.6 Å². The molecule has 72 valence electrons. The summed E-state index contributed by atoms with van der Waals surface area (Å²) >= 11 is 1.42. The van der Waals surface area contributed by atoms with Gasteiger partial charge in [0.1, 0.15) is 0 Å². The minimum atomic E-state index is 0.102. The summed E-state index contributed by atoms with van der Waals surface area (Å²) in [5, 5.41) is 2.86. The Morgan fingerprint density at radius 2 is 2.29 bits per heavy atom. The molecule has 2 aliphatic rings. The number of carbonyl (C=O) groups excluding carboxylic acids is 1. The van der Waals surface area contributed by atoms with Crippen LogP contribution in [0.3, 0.4) is 0 Å². The van der Waals surface area contributed by atoms with E-state index in [0.717, 1.165) is 23.6 Å². The zero-order valence-corrected chi connectivity index (χ0v) is 8.32. The van der Waals surface area contributed by atoms with E-state index in [-0.39, 0.29) is 5.91 Å². The maximum Gasteiger partial charge on any atom is 0.228 e. The summed E-state index contributed by atoms with van der Waals surface area (Å²) < 4.78 is 5.29. The number of benzene rings is 1. The van der Waals surface area contributed by atoms with Crippen molar-refractivity contribution in [2.45, 2.75) is 17.7 Å². The zero-order chi connectivity index (χ0) is 9.54. The molecule has 0 unspecified atom stereocenters. The maximum atomic E-state index is 11.2. The monoisotopic (exact) mass is 207 g/mol. The number of carbonyl (C=O) groups is 1. The second-order valence-corrected chi connectivity index (χ2v) is 4.29. The van der Waals surface area contributed by atoms with E-state index in [0.29, 0.717) is 6.42 Å². The summed E-state index contributed by atoms with van der Waals surface area (Å²) in [4.78, 5) is 12.4. The fourth-order valence-electron chi connectivity index (χ4n) is 1.95. The third-order valence-electron chi connectivity index (χ3n) is 2.58. The molecular weight excluding hydrogens is 198 g/mol. The average molecular weight is 207 g/mol. The predicted molar refractivity (Wildman–Crippen MR) is 54.3 cm³/mol. The molecular formula is C10H9NO2S. The highest BCUT2D eigenvalue weighted by Crippen LogP contribution is 2.37. The molecule has 1 N–H and O–H groups in total. The normalized spacial score (nSPS) is 18.7. The first-order valence-corrected chi connectivity index (χ1v) is 5.33. The van der Waals surface area contributed by atoms with Crippen LogP contribution in [0.25, 0.3) is 0 Å². The minimum absolute atomic E-state index is 0.102. The summed E-state index contributed by atoms with van der Waals surface area (Å²) in [5.74, 6) is 0.102. The van der Waals surface area contributed by atoms with E-state index < -0.39 is 0 Å². The third kappa shape index (κ3) is 1.14. The van der Waals surface area contributed by atoms with Gasteiger partial charge in [-0.05, 0) is 29.7 Å². The molecule has 3 nitrogen and oxygen atoms in total. The Morgan fingerprint density at radius 3 is 3.21 bits per heavy atom. The Hall–Kier alpha value is -1.00.